The maximum absolute atomic E-state index is 13.1. The molecule has 2 heterocycles. The van der Waals surface area contributed by atoms with Gasteiger partial charge in [0.15, 0.2) is 5.65 Å². The van der Waals surface area contributed by atoms with Gasteiger partial charge in [-0.1, -0.05) is 30.3 Å². The minimum absolute atomic E-state index is 0.0998. The highest BCUT2D eigenvalue weighted by atomic mass is 19.1. The molecule has 1 atom stereocenters. The third-order valence-electron chi connectivity index (χ3n) is 4.72. The normalized spacial score (nSPS) is 20.6. The first kappa shape index (κ1) is 16.7. The van der Waals surface area contributed by atoms with Gasteiger partial charge in [0.2, 0.25) is 5.95 Å². The summed E-state index contributed by atoms with van der Waals surface area (Å²) in [6.07, 6.45) is 2.02. The molecule has 0 radical (unpaired) electrons. The molecule has 0 amide bonds. The molecule has 1 saturated carbocycles. The van der Waals surface area contributed by atoms with Gasteiger partial charge in [-0.3, -0.25) is 4.68 Å². The number of nitrogens with one attached hydrogen (secondary N) is 2. The summed E-state index contributed by atoms with van der Waals surface area (Å²) in [5.74, 6) is 1.15. The molecule has 26 heavy (non-hydrogen) atoms. The van der Waals surface area contributed by atoms with E-state index < -0.39 is 6.17 Å². The van der Waals surface area contributed by atoms with E-state index in [0.29, 0.717) is 31.2 Å². The molecule has 4 rings (SSSR count). The zero-order valence-corrected chi connectivity index (χ0v) is 14.6. The van der Waals surface area contributed by atoms with E-state index in [4.69, 9.17) is 5.73 Å². The maximum atomic E-state index is 13.1. The molecule has 1 unspecified atom stereocenters. The molecule has 136 valence electrons. The predicted molar refractivity (Wildman–Crippen MR) is 99.7 cm³/mol. The van der Waals surface area contributed by atoms with E-state index in [2.05, 4.69) is 25.7 Å². The van der Waals surface area contributed by atoms with Crippen molar-refractivity contribution in [1.82, 2.24) is 19.7 Å². The van der Waals surface area contributed by atoms with Crippen LogP contribution in [-0.2, 0) is 7.05 Å². The Kier molecular flexibility index (Phi) is 4.42. The van der Waals surface area contributed by atoms with Gasteiger partial charge in [-0.05, 0) is 18.4 Å². The fraction of sp³-hybridized carbons (Fsp3) is 0.389. The second kappa shape index (κ2) is 6.87. The van der Waals surface area contributed by atoms with Crippen molar-refractivity contribution in [2.75, 3.05) is 17.2 Å². The minimum Gasteiger partial charge on any atom is -0.366 e. The third-order valence-corrected chi connectivity index (χ3v) is 4.72. The molecule has 1 fully saturated rings. The summed E-state index contributed by atoms with van der Waals surface area (Å²) in [6, 6.07) is 9.81. The molecule has 7 nitrogen and oxygen atoms in total. The van der Waals surface area contributed by atoms with Crippen molar-refractivity contribution in [2.24, 2.45) is 12.8 Å². The first-order valence-corrected chi connectivity index (χ1v) is 8.75. The molecule has 0 bridgehead atoms. The number of nitrogens with zero attached hydrogens (tertiary/aromatic N) is 4. The highest BCUT2D eigenvalue weighted by molar-refractivity contribution is 5.87. The van der Waals surface area contributed by atoms with Crippen molar-refractivity contribution < 1.29 is 4.39 Å². The van der Waals surface area contributed by atoms with Crippen molar-refractivity contribution in [3.8, 4) is 0 Å². The number of rotatable bonds is 6. The molecule has 0 saturated heterocycles. The van der Waals surface area contributed by atoms with Gasteiger partial charge in [0.05, 0.1) is 11.6 Å². The Labute approximate surface area is 150 Å². The average Bonchev–Trinajstić information content (AvgIpc) is 3.00. The zero-order chi connectivity index (χ0) is 18.1. The van der Waals surface area contributed by atoms with Crippen LogP contribution in [0.15, 0.2) is 36.5 Å². The van der Waals surface area contributed by atoms with E-state index in [0.717, 1.165) is 16.6 Å². The number of halogens is 1. The van der Waals surface area contributed by atoms with Crippen LogP contribution in [0.3, 0.4) is 0 Å². The van der Waals surface area contributed by atoms with Crippen LogP contribution in [-0.4, -0.2) is 38.5 Å². The highest BCUT2D eigenvalue weighted by Crippen LogP contribution is 2.29. The summed E-state index contributed by atoms with van der Waals surface area (Å²) in [4.78, 5) is 9.10. The second-order valence-corrected chi connectivity index (χ2v) is 6.71. The number of benzene rings is 1. The molecule has 1 aliphatic rings. The van der Waals surface area contributed by atoms with Crippen LogP contribution in [0.25, 0.3) is 11.0 Å². The second-order valence-electron chi connectivity index (χ2n) is 6.71. The Bertz CT molecular complexity index is 889. The number of hydrogen-bond donors (Lipinski definition) is 3. The Morgan fingerprint density at radius 1 is 1.27 bits per heavy atom. The predicted octanol–water partition coefficient (Wildman–Crippen LogP) is 2.39. The molecule has 1 aliphatic carbocycles. The number of aromatic nitrogens is 4. The number of nitrogens with two attached hydrogens (primary N) is 1. The monoisotopic (exact) mass is 355 g/mol. The molecule has 1 aromatic carbocycles. The SMILES string of the molecule is Cn1ncc2c(NC3CC(F)C3)nc(NCC(N)c3ccccc3)nc21. The Hall–Kier alpha value is -2.74. The Morgan fingerprint density at radius 3 is 2.77 bits per heavy atom. The summed E-state index contributed by atoms with van der Waals surface area (Å²) < 4.78 is 14.8. The molecule has 3 aromatic rings. The number of anilines is 2. The zero-order valence-electron chi connectivity index (χ0n) is 14.6. The molecule has 0 aliphatic heterocycles. The lowest BCUT2D eigenvalue weighted by molar-refractivity contribution is 0.192. The van der Waals surface area contributed by atoms with Gasteiger partial charge in [-0.25, -0.2) is 4.39 Å². The molecule has 4 N–H and O–H groups in total. The lowest BCUT2D eigenvalue weighted by atomic mass is 9.91. The van der Waals surface area contributed by atoms with Gasteiger partial charge >= 0.3 is 0 Å². The average molecular weight is 355 g/mol. The third kappa shape index (κ3) is 3.32. The van der Waals surface area contributed by atoms with Crippen LogP contribution in [0.2, 0.25) is 0 Å². The van der Waals surface area contributed by atoms with E-state index in [1.165, 1.54) is 0 Å². The molecule has 8 heteroatoms. The standard InChI is InChI=1S/C18H22FN7/c1-26-17-14(9-22-26)16(23-13-7-12(19)8-13)24-18(25-17)21-10-15(20)11-5-3-2-4-6-11/h2-6,9,12-13,15H,7-8,10,20H2,1H3,(H2,21,23,24,25). The lowest BCUT2D eigenvalue weighted by Crippen LogP contribution is -2.37. The lowest BCUT2D eigenvalue weighted by Gasteiger charge is -2.30. The van der Waals surface area contributed by atoms with E-state index in [-0.39, 0.29) is 12.1 Å². The van der Waals surface area contributed by atoms with Crippen molar-refractivity contribution in [3.63, 3.8) is 0 Å². The summed E-state index contributed by atoms with van der Waals surface area (Å²) >= 11 is 0. The van der Waals surface area contributed by atoms with E-state index >= 15 is 0 Å². The summed E-state index contributed by atoms with van der Waals surface area (Å²) in [6.45, 7) is 0.503. The maximum Gasteiger partial charge on any atom is 0.226 e. The first-order chi connectivity index (χ1) is 12.6. The minimum atomic E-state index is -0.722. The largest absolute Gasteiger partial charge is 0.366 e. The van der Waals surface area contributed by atoms with E-state index in [1.54, 1.807) is 10.9 Å². The molecular formula is C18H22FN7. The molecular weight excluding hydrogens is 333 g/mol. The highest BCUT2D eigenvalue weighted by Gasteiger charge is 2.29. The quantitative estimate of drug-likeness (QED) is 0.629. The van der Waals surface area contributed by atoms with E-state index in [9.17, 15) is 4.39 Å². The van der Waals surface area contributed by atoms with Gasteiger partial charge in [0.25, 0.3) is 0 Å². The van der Waals surface area contributed by atoms with Gasteiger partial charge < -0.3 is 16.4 Å². The smallest absolute Gasteiger partial charge is 0.226 e. The van der Waals surface area contributed by atoms with Crippen LogP contribution >= 0.6 is 0 Å². The topological polar surface area (TPSA) is 93.7 Å². The fourth-order valence-corrected chi connectivity index (χ4v) is 3.09. The van der Waals surface area contributed by atoms with Crippen LogP contribution in [0, 0.1) is 0 Å². The molecule has 2 aromatic heterocycles. The van der Waals surface area contributed by atoms with Gasteiger partial charge in [0.1, 0.15) is 12.0 Å². The van der Waals surface area contributed by atoms with Crippen LogP contribution in [0.1, 0.15) is 24.4 Å². The Balaban J connectivity index is 1.53. The summed E-state index contributed by atoms with van der Waals surface area (Å²) in [5.41, 5.74) is 8.00. The van der Waals surface area contributed by atoms with Crippen molar-refractivity contribution >= 4 is 22.8 Å². The van der Waals surface area contributed by atoms with Gasteiger partial charge in [-0.15, -0.1) is 0 Å². The molecule has 0 spiro atoms. The fourth-order valence-electron chi connectivity index (χ4n) is 3.09. The summed E-state index contributed by atoms with van der Waals surface area (Å²) in [5, 5.41) is 11.6. The first-order valence-electron chi connectivity index (χ1n) is 8.75. The van der Waals surface area contributed by atoms with Gasteiger partial charge in [0, 0.05) is 25.7 Å². The van der Waals surface area contributed by atoms with Gasteiger partial charge in [-0.2, -0.15) is 15.1 Å². The number of alkyl halides is 1. The number of hydrogen-bond acceptors (Lipinski definition) is 6. The number of aryl methyl sites for hydroxylation is 1. The van der Waals surface area contributed by atoms with Crippen molar-refractivity contribution in [1.29, 1.82) is 0 Å². The summed E-state index contributed by atoms with van der Waals surface area (Å²) in [7, 11) is 1.83. The van der Waals surface area contributed by atoms with Crippen LogP contribution < -0.4 is 16.4 Å². The Morgan fingerprint density at radius 2 is 2.04 bits per heavy atom. The number of fused-ring (bicyclic) bond motifs is 1. The van der Waals surface area contributed by atoms with Crippen LogP contribution in [0.4, 0.5) is 16.2 Å². The van der Waals surface area contributed by atoms with Crippen molar-refractivity contribution in [2.45, 2.75) is 31.1 Å². The van der Waals surface area contributed by atoms with E-state index in [1.807, 2.05) is 37.4 Å². The van der Waals surface area contributed by atoms with Crippen molar-refractivity contribution in [3.05, 3.63) is 42.1 Å². The van der Waals surface area contributed by atoms with Crippen LogP contribution in [0.5, 0.6) is 0 Å².